The molecule has 2 saturated heterocycles. The largest absolute Gasteiger partial charge is 0.348 e. The molecule has 0 radical (unpaired) electrons. The van der Waals surface area contributed by atoms with E-state index in [1.807, 2.05) is 6.92 Å². The Morgan fingerprint density at radius 3 is 3.06 bits per heavy atom. The van der Waals surface area contributed by atoms with Crippen LogP contribution in [-0.2, 0) is 16.4 Å². The fraction of sp³-hybridized carbons (Fsp3) is 0.727. The lowest BCUT2D eigenvalue weighted by Gasteiger charge is -2.37. The van der Waals surface area contributed by atoms with Crippen molar-refractivity contribution < 1.29 is 8.42 Å². The summed E-state index contributed by atoms with van der Waals surface area (Å²) in [5.74, 6) is 0.544. The van der Waals surface area contributed by atoms with Crippen molar-refractivity contribution >= 4 is 9.84 Å². The van der Waals surface area contributed by atoms with E-state index in [2.05, 4.69) is 20.2 Å². The van der Waals surface area contributed by atoms with E-state index in [0.29, 0.717) is 0 Å². The number of nitrogens with one attached hydrogen (secondary N) is 2. The molecule has 7 heteroatoms. The molecule has 0 unspecified atom stereocenters. The number of H-pyrrole nitrogens is 1. The Morgan fingerprint density at radius 2 is 2.33 bits per heavy atom. The van der Waals surface area contributed by atoms with Crippen molar-refractivity contribution in [2.24, 2.45) is 0 Å². The van der Waals surface area contributed by atoms with Gasteiger partial charge in [-0.25, -0.2) is 13.4 Å². The summed E-state index contributed by atoms with van der Waals surface area (Å²) in [6.45, 7) is 4.45. The molecule has 18 heavy (non-hydrogen) atoms. The van der Waals surface area contributed by atoms with Crippen LogP contribution in [0.5, 0.6) is 0 Å². The highest BCUT2D eigenvalue weighted by Crippen LogP contribution is 2.23. The monoisotopic (exact) mass is 270 g/mol. The lowest BCUT2D eigenvalue weighted by Crippen LogP contribution is -2.56. The maximum absolute atomic E-state index is 11.7. The Balaban J connectivity index is 1.78. The van der Waals surface area contributed by atoms with Crippen LogP contribution in [0.2, 0.25) is 0 Å². The molecule has 2 N–H and O–H groups in total. The van der Waals surface area contributed by atoms with Gasteiger partial charge in [0.05, 0.1) is 23.5 Å². The van der Waals surface area contributed by atoms with Crippen molar-refractivity contribution in [2.45, 2.75) is 25.6 Å². The number of hydrogen-bond acceptors (Lipinski definition) is 5. The molecule has 3 rings (SSSR count). The third-order valence-corrected chi connectivity index (χ3v) is 5.60. The van der Waals surface area contributed by atoms with E-state index in [-0.39, 0.29) is 23.6 Å². The molecule has 100 valence electrons. The highest BCUT2D eigenvalue weighted by atomic mass is 32.2. The van der Waals surface area contributed by atoms with Gasteiger partial charge in [0, 0.05) is 37.4 Å². The Morgan fingerprint density at radius 1 is 1.50 bits per heavy atom. The zero-order valence-corrected chi connectivity index (χ0v) is 11.2. The van der Waals surface area contributed by atoms with Gasteiger partial charge in [-0.3, -0.25) is 4.90 Å². The zero-order valence-electron chi connectivity index (χ0n) is 10.4. The minimum absolute atomic E-state index is 0.0861. The van der Waals surface area contributed by atoms with Crippen LogP contribution >= 0.6 is 0 Å². The molecule has 0 aliphatic carbocycles. The van der Waals surface area contributed by atoms with Crippen LogP contribution in [-0.4, -0.2) is 60.0 Å². The lowest BCUT2D eigenvalue weighted by atomic mass is 10.1. The first-order chi connectivity index (χ1) is 8.55. The maximum atomic E-state index is 11.7. The molecule has 0 amide bonds. The normalized spacial score (nSPS) is 31.4. The molecule has 3 heterocycles. The highest BCUT2D eigenvalue weighted by molar-refractivity contribution is 7.91. The van der Waals surface area contributed by atoms with Crippen molar-refractivity contribution in [1.29, 1.82) is 0 Å². The number of sulfone groups is 1. The summed E-state index contributed by atoms with van der Waals surface area (Å²) in [6.07, 6.45) is 1.69. The fourth-order valence-corrected chi connectivity index (χ4v) is 4.87. The quantitative estimate of drug-likeness (QED) is 0.742. The maximum Gasteiger partial charge on any atom is 0.153 e. The van der Waals surface area contributed by atoms with E-state index in [1.54, 1.807) is 6.33 Å². The molecule has 1 aromatic rings. The molecule has 0 spiro atoms. The van der Waals surface area contributed by atoms with Crippen LogP contribution in [0.1, 0.15) is 11.4 Å². The highest BCUT2D eigenvalue weighted by Gasteiger charge is 2.42. The first-order valence-electron chi connectivity index (χ1n) is 6.22. The topological polar surface area (TPSA) is 78.1 Å². The van der Waals surface area contributed by atoms with Crippen LogP contribution in [0.15, 0.2) is 6.33 Å². The number of aromatic nitrogens is 2. The smallest absolute Gasteiger partial charge is 0.153 e. The number of imidazole rings is 1. The summed E-state index contributed by atoms with van der Waals surface area (Å²) in [4.78, 5) is 9.60. The Bertz CT molecular complexity index is 539. The van der Waals surface area contributed by atoms with Crippen LogP contribution in [0.3, 0.4) is 0 Å². The summed E-state index contributed by atoms with van der Waals surface area (Å²) < 4.78 is 23.4. The van der Waals surface area contributed by atoms with Gasteiger partial charge in [0.2, 0.25) is 0 Å². The van der Waals surface area contributed by atoms with Crippen LogP contribution in [0.4, 0.5) is 0 Å². The van der Waals surface area contributed by atoms with E-state index in [9.17, 15) is 8.42 Å². The summed E-state index contributed by atoms with van der Waals surface area (Å²) in [7, 11) is -2.88. The average Bonchev–Trinajstić information content (AvgIpc) is 2.82. The van der Waals surface area contributed by atoms with Gasteiger partial charge in [-0.15, -0.1) is 0 Å². The number of nitrogens with zero attached hydrogens (tertiary/aromatic N) is 2. The van der Waals surface area contributed by atoms with Crippen LogP contribution in [0.25, 0.3) is 0 Å². The number of hydrogen-bond donors (Lipinski definition) is 2. The number of fused-ring (bicyclic) bond motifs is 1. The van der Waals surface area contributed by atoms with Crippen molar-refractivity contribution in [3.63, 3.8) is 0 Å². The van der Waals surface area contributed by atoms with Crippen LogP contribution < -0.4 is 5.32 Å². The summed E-state index contributed by atoms with van der Waals surface area (Å²) in [5, 5.41) is 3.31. The van der Waals surface area contributed by atoms with E-state index in [4.69, 9.17) is 0 Å². The van der Waals surface area contributed by atoms with E-state index < -0.39 is 9.84 Å². The molecule has 6 nitrogen and oxygen atoms in total. The Kier molecular flexibility index (Phi) is 2.91. The molecule has 2 aliphatic rings. The average molecular weight is 270 g/mol. The minimum atomic E-state index is -2.88. The molecule has 0 aromatic carbocycles. The SMILES string of the molecule is Cc1[nH]cnc1CN1CCN[C@H]2CS(=O)(=O)C[C@H]21. The second-order valence-corrected chi connectivity index (χ2v) is 7.30. The third-order valence-electron chi connectivity index (χ3n) is 3.88. The predicted molar refractivity (Wildman–Crippen MR) is 68.0 cm³/mol. The van der Waals surface area contributed by atoms with Crippen molar-refractivity contribution in [3.05, 3.63) is 17.7 Å². The molecule has 1 aromatic heterocycles. The van der Waals surface area contributed by atoms with E-state index in [0.717, 1.165) is 31.0 Å². The Hall–Kier alpha value is -0.920. The summed E-state index contributed by atoms with van der Waals surface area (Å²) >= 11 is 0. The summed E-state index contributed by atoms with van der Waals surface area (Å²) in [5.41, 5.74) is 2.07. The molecular formula is C11H18N4O2S. The van der Waals surface area contributed by atoms with Crippen molar-refractivity contribution in [3.8, 4) is 0 Å². The van der Waals surface area contributed by atoms with Crippen LogP contribution in [0, 0.1) is 6.92 Å². The molecule has 2 atom stereocenters. The summed E-state index contributed by atoms with van der Waals surface area (Å²) in [6, 6.07) is 0.183. The molecule has 2 fully saturated rings. The van der Waals surface area contributed by atoms with Crippen molar-refractivity contribution in [2.75, 3.05) is 24.6 Å². The van der Waals surface area contributed by atoms with Gasteiger partial charge < -0.3 is 10.3 Å². The molecular weight excluding hydrogens is 252 g/mol. The van der Waals surface area contributed by atoms with E-state index >= 15 is 0 Å². The first kappa shape index (κ1) is 12.1. The predicted octanol–water partition coefficient (Wildman–Crippen LogP) is -0.711. The lowest BCUT2D eigenvalue weighted by molar-refractivity contribution is 0.139. The first-order valence-corrected chi connectivity index (χ1v) is 8.04. The second-order valence-electron chi connectivity index (χ2n) is 5.15. The number of piperazine rings is 1. The minimum Gasteiger partial charge on any atom is -0.348 e. The van der Waals surface area contributed by atoms with Gasteiger partial charge >= 0.3 is 0 Å². The molecule has 2 aliphatic heterocycles. The van der Waals surface area contributed by atoms with Gasteiger partial charge in [-0.1, -0.05) is 0 Å². The zero-order chi connectivity index (χ0) is 12.8. The number of rotatable bonds is 2. The van der Waals surface area contributed by atoms with Gasteiger partial charge in [-0.05, 0) is 6.92 Å². The van der Waals surface area contributed by atoms with Crippen molar-refractivity contribution in [1.82, 2.24) is 20.2 Å². The standard InChI is InChI=1S/C11H18N4O2S/c1-8-9(14-7-13-8)4-15-3-2-12-10-5-18(16,17)6-11(10)15/h7,10-12H,2-6H2,1H3,(H,13,14)/t10-,11+/m0/s1. The molecule has 0 bridgehead atoms. The Labute approximate surface area is 107 Å². The third kappa shape index (κ3) is 2.17. The fourth-order valence-electron chi connectivity index (χ4n) is 2.88. The van der Waals surface area contributed by atoms with E-state index in [1.165, 1.54) is 0 Å². The van der Waals surface area contributed by atoms with Gasteiger partial charge in [0.25, 0.3) is 0 Å². The number of aromatic amines is 1. The van der Waals surface area contributed by atoms with Gasteiger partial charge in [-0.2, -0.15) is 0 Å². The van der Waals surface area contributed by atoms with Gasteiger partial charge in [0.1, 0.15) is 0 Å². The second kappa shape index (κ2) is 4.32. The van der Waals surface area contributed by atoms with Gasteiger partial charge in [0.15, 0.2) is 9.84 Å². The number of aryl methyl sites for hydroxylation is 1. The molecule has 0 saturated carbocycles.